The van der Waals surface area contributed by atoms with Crippen LogP contribution in [-0.4, -0.2) is 44.7 Å². The number of nitrogens with zero attached hydrogens (tertiary/aromatic N) is 1. The molecular weight excluding hydrogens is 398 g/mol. The van der Waals surface area contributed by atoms with Crippen LogP contribution in [0.2, 0.25) is 0 Å². The Kier molecular flexibility index (Phi) is 16.5. The van der Waals surface area contributed by atoms with E-state index in [1.54, 1.807) is 6.92 Å². The van der Waals surface area contributed by atoms with Crippen LogP contribution in [0.3, 0.4) is 0 Å². The van der Waals surface area contributed by atoms with Crippen molar-refractivity contribution in [3.8, 4) is 5.75 Å². The SMILES string of the molecule is CCCCCCCCCCCCCCOc1ccc(/C=C(\C)C(=O)OCCN(C)C)cc1. The van der Waals surface area contributed by atoms with Gasteiger partial charge < -0.3 is 14.4 Å². The molecule has 0 saturated carbocycles. The van der Waals surface area contributed by atoms with Crippen LogP contribution >= 0.6 is 0 Å². The quantitative estimate of drug-likeness (QED) is 0.127. The van der Waals surface area contributed by atoms with Gasteiger partial charge in [-0.25, -0.2) is 4.79 Å². The third-order valence-electron chi connectivity index (χ3n) is 5.62. The summed E-state index contributed by atoms with van der Waals surface area (Å²) in [6.45, 7) is 5.96. The first kappa shape index (κ1) is 28.2. The van der Waals surface area contributed by atoms with Crippen LogP contribution in [0, 0.1) is 0 Å². The highest BCUT2D eigenvalue weighted by Gasteiger charge is 2.06. The minimum absolute atomic E-state index is 0.265. The van der Waals surface area contributed by atoms with Crippen LogP contribution in [0.1, 0.15) is 96.5 Å². The van der Waals surface area contributed by atoms with E-state index in [9.17, 15) is 4.79 Å². The topological polar surface area (TPSA) is 38.8 Å². The summed E-state index contributed by atoms with van der Waals surface area (Å²) in [5.41, 5.74) is 1.58. The molecule has 1 rings (SSSR count). The fraction of sp³-hybridized carbons (Fsp3) is 0.679. The molecule has 4 heteroatoms. The smallest absolute Gasteiger partial charge is 0.333 e. The molecule has 32 heavy (non-hydrogen) atoms. The average molecular weight is 446 g/mol. The van der Waals surface area contributed by atoms with Crippen molar-refractivity contribution in [3.63, 3.8) is 0 Å². The standard InChI is InChI=1S/C28H47NO3/c1-5-6-7-8-9-10-11-12-13-14-15-16-22-31-27-19-17-26(18-20-27)24-25(2)28(30)32-23-21-29(3)4/h17-20,24H,5-16,21-23H2,1-4H3/b25-24+. The molecule has 0 atom stereocenters. The summed E-state index contributed by atoms with van der Waals surface area (Å²) in [4.78, 5) is 14.0. The Morgan fingerprint density at radius 2 is 1.34 bits per heavy atom. The Labute approximate surface area is 197 Å². The van der Waals surface area contributed by atoms with Crippen LogP contribution in [0.4, 0.5) is 0 Å². The maximum Gasteiger partial charge on any atom is 0.333 e. The number of carbonyl (C=O) groups is 1. The summed E-state index contributed by atoms with van der Waals surface area (Å²) in [7, 11) is 3.91. The normalized spacial score (nSPS) is 11.7. The maximum absolute atomic E-state index is 12.0. The van der Waals surface area contributed by atoms with Gasteiger partial charge in [0, 0.05) is 12.1 Å². The van der Waals surface area contributed by atoms with E-state index in [4.69, 9.17) is 9.47 Å². The molecule has 0 unspecified atom stereocenters. The van der Waals surface area contributed by atoms with Crippen molar-refractivity contribution >= 4 is 12.0 Å². The van der Waals surface area contributed by atoms with Crippen molar-refractivity contribution in [1.82, 2.24) is 4.90 Å². The van der Waals surface area contributed by atoms with Crippen molar-refractivity contribution in [2.75, 3.05) is 33.9 Å². The highest BCUT2D eigenvalue weighted by Crippen LogP contribution is 2.16. The molecule has 182 valence electrons. The zero-order valence-corrected chi connectivity index (χ0v) is 21.2. The monoisotopic (exact) mass is 445 g/mol. The van der Waals surface area contributed by atoms with E-state index in [2.05, 4.69) is 6.92 Å². The Morgan fingerprint density at radius 1 is 0.812 bits per heavy atom. The summed E-state index contributed by atoms with van der Waals surface area (Å²) in [5.74, 6) is 0.621. The van der Waals surface area contributed by atoms with Gasteiger partial charge in [-0.2, -0.15) is 0 Å². The molecule has 4 nitrogen and oxygen atoms in total. The summed E-state index contributed by atoms with van der Waals surface area (Å²) in [5, 5.41) is 0. The molecule has 0 saturated heterocycles. The summed E-state index contributed by atoms with van der Waals surface area (Å²) in [6, 6.07) is 7.90. The molecule has 0 fully saturated rings. The minimum Gasteiger partial charge on any atom is -0.494 e. The Morgan fingerprint density at radius 3 is 1.88 bits per heavy atom. The lowest BCUT2D eigenvalue weighted by atomic mass is 10.1. The lowest BCUT2D eigenvalue weighted by molar-refractivity contribution is -0.139. The second-order valence-corrected chi connectivity index (χ2v) is 9.07. The van der Waals surface area contributed by atoms with Crippen molar-refractivity contribution in [2.45, 2.75) is 90.9 Å². The molecule has 0 bridgehead atoms. The van der Waals surface area contributed by atoms with Gasteiger partial charge in [-0.05, 0) is 51.2 Å². The number of benzene rings is 1. The van der Waals surface area contributed by atoms with Gasteiger partial charge in [0.25, 0.3) is 0 Å². The van der Waals surface area contributed by atoms with Crippen LogP contribution < -0.4 is 4.74 Å². The Hall–Kier alpha value is -1.81. The highest BCUT2D eigenvalue weighted by atomic mass is 16.5. The van der Waals surface area contributed by atoms with Gasteiger partial charge in [-0.3, -0.25) is 0 Å². The second-order valence-electron chi connectivity index (χ2n) is 9.07. The molecule has 0 N–H and O–H groups in total. The molecule has 1 aromatic carbocycles. The van der Waals surface area contributed by atoms with Gasteiger partial charge in [0.05, 0.1) is 6.61 Å². The average Bonchev–Trinajstić information content (AvgIpc) is 2.77. The maximum atomic E-state index is 12.0. The molecule has 0 aliphatic heterocycles. The zero-order chi connectivity index (χ0) is 23.4. The number of carbonyl (C=O) groups excluding carboxylic acids is 1. The van der Waals surface area contributed by atoms with E-state index in [0.717, 1.165) is 30.9 Å². The van der Waals surface area contributed by atoms with E-state index in [0.29, 0.717) is 12.2 Å². The van der Waals surface area contributed by atoms with Gasteiger partial charge in [0.1, 0.15) is 12.4 Å². The minimum atomic E-state index is -0.265. The number of esters is 1. The summed E-state index contributed by atoms with van der Waals surface area (Å²) in [6.07, 6.45) is 18.1. The largest absolute Gasteiger partial charge is 0.494 e. The molecule has 0 heterocycles. The van der Waals surface area contributed by atoms with E-state index in [1.807, 2.05) is 49.3 Å². The van der Waals surface area contributed by atoms with Crippen molar-refractivity contribution in [2.24, 2.45) is 0 Å². The molecule has 0 radical (unpaired) electrons. The van der Waals surface area contributed by atoms with Crippen molar-refractivity contribution in [3.05, 3.63) is 35.4 Å². The third kappa shape index (κ3) is 15.1. The molecule has 1 aromatic rings. The lowest BCUT2D eigenvalue weighted by Gasteiger charge is -2.10. The molecule has 0 aliphatic carbocycles. The van der Waals surface area contributed by atoms with E-state index in [-0.39, 0.29) is 5.97 Å². The van der Waals surface area contributed by atoms with Crippen LogP contribution in [0.25, 0.3) is 6.08 Å². The number of hydrogen-bond donors (Lipinski definition) is 0. The fourth-order valence-electron chi connectivity index (χ4n) is 3.54. The number of ether oxygens (including phenoxy) is 2. The number of rotatable bonds is 19. The third-order valence-corrected chi connectivity index (χ3v) is 5.62. The van der Waals surface area contributed by atoms with Crippen LogP contribution in [0.15, 0.2) is 29.8 Å². The Balaban J connectivity index is 2.10. The van der Waals surface area contributed by atoms with Crippen molar-refractivity contribution in [1.29, 1.82) is 0 Å². The van der Waals surface area contributed by atoms with Crippen LogP contribution in [0.5, 0.6) is 5.75 Å². The molecule has 0 aromatic heterocycles. The fourth-order valence-corrected chi connectivity index (χ4v) is 3.54. The predicted molar refractivity (Wildman–Crippen MR) is 136 cm³/mol. The molecule has 0 aliphatic rings. The van der Waals surface area contributed by atoms with Crippen molar-refractivity contribution < 1.29 is 14.3 Å². The van der Waals surface area contributed by atoms with E-state index in [1.165, 1.54) is 70.6 Å². The Bertz CT molecular complexity index is 622. The van der Waals surface area contributed by atoms with Gasteiger partial charge in [-0.1, -0.05) is 89.7 Å². The highest BCUT2D eigenvalue weighted by molar-refractivity contribution is 5.93. The first-order valence-corrected chi connectivity index (χ1v) is 12.8. The van der Waals surface area contributed by atoms with Gasteiger partial charge in [0.2, 0.25) is 0 Å². The molecular formula is C28H47NO3. The van der Waals surface area contributed by atoms with Gasteiger partial charge >= 0.3 is 5.97 Å². The predicted octanol–water partition coefficient (Wildman–Crippen LogP) is 7.27. The number of likely N-dealkylation sites (N-methyl/N-ethyl adjacent to an activating group) is 1. The van der Waals surface area contributed by atoms with Crippen LogP contribution in [-0.2, 0) is 9.53 Å². The first-order valence-electron chi connectivity index (χ1n) is 12.8. The molecule has 0 spiro atoms. The van der Waals surface area contributed by atoms with E-state index >= 15 is 0 Å². The number of unbranched alkanes of at least 4 members (excludes halogenated alkanes) is 11. The number of hydrogen-bond acceptors (Lipinski definition) is 4. The summed E-state index contributed by atoms with van der Waals surface area (Å²) >= 11 is 0. The second kappa shape index (κ2) is 18.7. The zero-order valence-electron chi connectivity index (χ0n) is 21.2. The van der Waals surface area contributed by atoms with Gasteiger partial charge in [0.15, 0.2) is 0 Å². The van der Waals surface area contributed by atoms with E-state index < -0.39 is 0 Å². The summed E-state index contributed by atoms with van der Waals surface area (Å²) < 4.78 is 11.1. The van der Waals surface area contributed by atoms with Gasteiger partial charge in [-0.15, -0.1) is 0 Å². The molecule has 0 amide bonds. The first-order chi connectivity index (χ1) is 15.5. The lowest BCUT2D eigenvalue weighted by Crippen LogP contribution is -2.20.